The molecule has 6 heteroatoms. The van der Waals surface area contributed by atoms with Crippen LogP contribution in [-0.2, 0) is 0 Å². The molecule has 0 saturated heterocycles. The highest BCUT2D eigenvalue weighted by Crippen LogP contribution is 2.16. The fraction of sp³-hybridized carbons (Fsp3) is 0.188. The van der Waals surface area contributed by atoms with Crippen molar-refractivity contribution in [3.63, 3.8) is 0 Å². The summed E-state index contributed by atoms with van der Waals surface area (Å²) in [6, 6.07) is 5.98. The Hall–Kier alpha value is -2.21. The van der Waals surface area contributed by atoms with Gasteiger partial charge >= 0.3 is 0 Å². The number of rotatable bonds is 2. The molecule has 2 aromatic carbocycles. The molecule has 2 rings (SSSR count). The molecular weight excluding hydrogens is 300 g/mol. The topological polar surface area (TPSA) is 37.3 Å². The van der Waals surface area contributed by atoms with Crippen LogP contribution in [0, 0.1) is 23.3 Å². The maximum atomic E-state index is 12.7. The molecule has 0 amide bonds. The fourth-order valence-electron chi connectivity index (χ4n) is 1.62. The van der Waals surface area contributed by atoms with E-state index >= 15 is 0 Å². The number of benzene rings is 2. The Kier molecular flexibility index (Phi) is 6.24. The van der Waals surface area contributed by atoms with Crippen molar-refractivity contribution in [2.75, 3.05) is 0 Å². The summed E-state index contributed by atoms with van der Waals surface area (Å²) in [7, 11) is 0. The van der Waals surface area contributed by atoms with E-state index in [1.165, 1.54) is 19.9 Å². The largest absolute Gasteiger partial charge is 0.389 e. The molecule has 118 valence electrons. The average molecular weight is 314 g/mol. The Morgan fingerprint density at radius 3 is 1.86 bits per heavy atom. The number of carbonyl (C=O) groups is 1. The number of aliphatic hydroxyl groups excluding tert-OH is 1. The third kappa shape index (κ3) is 4.96. The Morgan fingerprint density at radius 1 is 0.955 bits per heavy atom. The molecule has 0 heterocycles. The van der Waals surface area contributed by atoms with Crippen molar-refractivity contribution in [1.29, 1.82) is 0 Å². The van der Waals surface area contributed by atoms with Gasteiger partial charge in [0.1, 0.15) is 23.3 Å². The lowest BCUT2D eigenvalue weighted by molar-refractivity contribution is 0.101. The molecule has 0 aliphatic heterocycles. The van der Waals surface area contributed by atoms with Crippen LogP contribution in [0.3, 0.4) is 0 Å². The predicted molar refractivity (Wildman–Crippen MR) is 73.4 cm³/mol. The molecule has 0 aromatic heterocycles. The van der Waals surface area contributed by atoms with Gasteiger partial charge in [-0.2, -0.15) is 0 Å². The van der Waals surface area contributed by atoms with E-state index in [-0.39, 0.29) is 11.1 Å². The predicted octanol–water partition coefficient (Wildman–Crippen LogP) is 4.19. The summed E-state index contributed by atoms with van der Waals surface area (Å²) < 4.78 is 49.9. The zero-order chi connectivity index (χ0) is 16.9. The molecule has 1 unspecified atom stereocenters. The second-order valence-corrected chi connectivity index (χ2v) is 4.52. The first kappa shape index (κ1) is 17.8. The Bertz CT molecular complexity index is 669. The Labute approximate surface area is 125 Å². The molecular formula is C16H14F4O2. The molecule has 0 saturated carbocycles. The third-order valence-corrected chi connectivity index (χ3v) is 2.72. The highest BCUT2D eigenvalue weighted by molar-refractivity contribution is 5.94. The van der Waals surface area contributed by atoms with E-state index in [2.05, 4.69) is 0 Å². The molecule has 0 aliphatic carbocycles. The number of hydrogen-bond acceptors (Lipinski definition) is 2. The normalized spacial score (nSPS) is 11.4. The van der Waals surface area contributed by atoms with Crippen LogP contribution in [0.5, 0.6) is 0 Å². The minimum atomic E-state index is -0.893. The number of ketones is 1. The highest BCUT2D eigenvalue weighted by Gasteiger charge is 2.08. The average Bonchev–Trinajstić information content (AvgIpc) is 2.38. The summed E-state index contributed by atoms with van der Waals surface area (Å²) in [6.07, 6.45) is -0.893. The summed E-state index contributed by atoms with van der Waals surface area (Å²) in [4.78, 5) is 10.6. The van der Waals surface area contributed by atoms with Crippen LogP contribution in [0.4, 0.5) is 17.6 Å². The molecule has 1 N–H and O–H groups in total. The lowest BCUT2D eigenvalue weighted by Gasteiger charge is -2.04. The lowest BCUT2D eigenvalue weighted by atomic mass is 10.1. The van der Waals surface area contributed by atoms with E-state index in [1.54, 1.807) is 0 Å². The quantitative estimate of drug-likeness (QED) is 0.667. The van der Waals surface area contributed by atoms with Crippen LogP contribution < -0.4 is 0 Å². The van der Waals surface area contributed by atoms with Gasteiger partial charge in [-0.25, -0.2) is 17.6 Å². The second-order valence-electron chi connectivity index (χ2n) is 4.52. The van der Waals surface area contributed by atoms with E-state index < -0.39 is 35.2 Å². The zero-order valence-corrected chi connectivity index (χ0v) is 11.9. The number of hydrogen-bond donors (Lipinski definition) is 1. The lowest BCUT2D eigenvalue weighted by Crippen LogP contribution is -1.96. The van der Waals surface area contributed by atoms with Crippen molar-refractivity contribution in [3.05, 3.63) is 70.8 Å². The zero-order valence-electron chi connectivity index (χ0n) is 11.9. The smallest absolute Gasteiger partial charge is 0.162 e. The number of carbonyl (C=O) groups excluding carboxylic acids is 1. The first-order valence-corrected chi connectivity index (χ1v) is 6.31. The summed E-state index contributed by atoms with van der Waals surface area (Å²) >= 11 is 0. The van der Waals surface area contributed by atoms with Gasteiger partial charge in [0.25, 0.3) is 0 Å². The van der Waals surface area contributed by atoms with Gasteiger partial charge < -0.3 is 5.11 Å². The van der Waals surface area contributed by atoms with Crippen LogP contribution in [0.2, 0.25) is 0 Å². The van der Waals surface area contributed by atoms with Gasteiger partial charge in [-0.05, 0) is 32.0 Å². The number of Topliss-reactive ketones (excluding diaryl/α,β-unsaturated/α-hetero) is 1. The molecule has 0 fully saturated rings. The van der Waals surface area contributed by atoms with E-state index in [0.29, 0.717) is 6.07 Å². The molecule has 0 aliphatic rings. The molecule has 0 radical (unpaired) electrons. The number of halogens is 4. The van der Waals surface area contributed by atoms with Crippen LogP contribution in [-0.4, -0.2) is 10.9 Å². The second kappa shape index (κ2) is 7.70. The van der Waals surface area contributed by atoms with E-state index in [4.69, 9.17) is 5.11 Å². The first-order chi connectivity index (χ1) is 10.2. The van der Waals surface area contributed by atoms with E-state index in [0.717, 1.165) is 24.3 Å². The summed E-state index contributed by atoms with van der Waals surface area (Å²) in [6.45, 7) is 2.66. The van der Waals surface area contributed by atoms with Crippen molar-refractivity contribution in [2.45, 2.75) is 20.0 Å². The molecule has 1 atom stereocenters. The van der Waals surface area contributed by atoms with Gasteiger partial charge in [-0.1, -0.05) is 6.07 Å². The van der Waals surface area contributed by atoms with E-state index in [1.807, 2.05) is 0 Å². The molecule has 2 nitrogen and oxygen atoms in total. The van der Waals surface area contributed by atoms with Crippen molar-refractivity contribution < 1.29 is 27.5 Å². The number of aliphatic hydroxyl groups is 1. The highest BCUT2D eigenvalue weighted by atomic mass is 19.1. The third-order valence-electron chi connectivity index (χ3n) is 2.72. The van der Waals surface area contributed by atoms with Crippen molar-refractivity contribution in [3.8, 4) is 0 Å². The molecule has 0 spiro atoms. The monoisotopic (exact) mass is 314 g/mol. The SMILES string of the molecule is CC(=O)c1ccc(F)cc1F.CC(O)c1ccc(F)cc1F. The molecule has 0 bridgehead atoms. The molecule has 2 aromatic rings. The Balaban J connectivity index is 0.000000220. The summed E-state index contributed by atoms with van der Waals surface area (Å²) in [5.74, 6) is -3.22. The minimum absolute atomic E-state index is 0.0774. The summed E-state index contributed by atoms with van der Waals surface area (Å²) in [5.41, 5.74) is 0.0396. The van der Waals surface area contributed by atoms with Crippen LogP contribution in [0.15, 0.2) is 36.4 Å². The summed E-state index contributed by atoms with van der Waals surface area (Å²) in [5, 5.41) is 8.93. The van der Waals surface area contributed by atoms with Crippen molar-refractivity contribution in [1.82, 2.24) is 0 Å². The van der Waals surface area contributed by atoms with Crippen molar-refractivity contribution in [2.24, 2.45) is 0 Å². The van der Waals surface area contributed by atoms with Crippen molar-refractivity contribution >= 4 is 5.78 Å². The van der Waals surface area contributed by atoms with Gasteiger partial charge in [0.05, 0.1) is 11.7 Å². The van der Waals surface area contributed by atoms with Gasteiger partial charge in [-0.3, -0.25) is 4.79 Å². The van der Waals surface area contributed by atoms with Crippen LogP contribution >= 0.6 is 0 Å². The fourth-order valence-corrected chi connectivity index (χ4v) is 1.62. The van der Waals surface area contributed by atoms with E-state index in [9.17, 15) is 22.4 Å². The standard InChI is InChI=1S/C8H8F2O.C8H6F2O/c2*1-5(11)7-3-2-6(9)4-8(7)10/h2-5,11H,1H3;2-4H,1H3. The van der Waals surface area contributed by atoms with Crippen LogP contribution in [0.25, 0.3) is 0 Å². The maximum absolute atomic E-state index is 12.7. The van der Waals surface area contributed by atoms with Gasteiger partial charge in [-0.15, -0.1) is 0 Å². The van der Waals surface area contributed by atoms with Gasteiger partial charge in [0.2, 0.25) is 0 Å². The van der Waals surface area contributed by atoms with Crippen LogP contribution in [0.1, 0.15) is 35.9 Å². The Morgan fingerprint density at radius 2 is 1.45 bits per heavy atom. The maximum Gasteiger partial charge on any atom is 0.162 e. The minimum Gasteiger partial charge on any atom is -0.389 e. The first-order valence-electron chi connectivity index (χ1n) is 6.31. The van der Waals surface area contributed by atoms with Gasteiger partial charge in [0.15, 0.2) is 5.78 Å². The molecule has 22 heavy (non-hydrogen) atoms. The van der Waals surface area contributed by atoms with Gasteiger partial charge in [0, 0.05) is 17.7 Å².